The minimum absolute atomic E-state index is 0.208. The lowest BCUT2D eigenvalue weighted by Gasteiger charge is -2.26. The summed E-state index contributed by atoms with van der Waals surface area (Å²) in [4.78, 5) is 2.16. The summed E-state index contributed by atoms with van der Waals surface area (Å²) in [5.41, 5.74) is 1.32. The molecule has 0 bridgehead atoms. The molecule has 2 nitrogen and oxygen atoms in total. The molecule has 0 aliphatic carbocycles. The van der Waals surface area contributed by atoms with Crippen molar-refractivity contribution in [2.45, 2.75) is 32.5 Å². The number of aliphatic hydroxyl groups excluding tert-OH is 1. The van der Waals surface area contributed by atoms with Gasteiger partial charge < -0.3 is 5.11 Å². The maximum absolute atomic E-state index is 9.38. The van der Waals surface area contributed by atoms with Crippen LogP contribution in [0.15, 0.2) is 16.8 Å². The Kier molecular flexibility index (Phi) is 3.90. The first-order chi connectivity index (χ1) is 6.11. The number of likely N-dealkylation sites (N-methyl/N-ethyl adjacent to an activating group) is 1. The molecule has 1 rings (SSSR count). The zero-order valence-corrected chi connectivity index (χ0v) is 9.21. The van der Waals surface area contributed by atoms with E-state index in [9.17, 15) is 5.11 Å². The molecular weight excluding hydrogens is 182 g/mol. The van der Waals surface area contributed by atoms with Crippen LogP contribution in [-0.2, 0) is 6.54 Å². The number of aliphatic hydroxyl groups is 1. The van der Waals surface area contributed by atoms with Gasteiger partial charge in [-0.05, 0) is 43.3 Å². The maximum atomic E-state index is 9.38. The molecule has 0 fully saturated rings. The van der Waals surface area contributed by atoms with Crippen LogP contribution in [0.25, 0.3) is 0 Å². The van der Waals surface area contributed by atoms with Crippen LogP contribution < -0.4 is 0 Å². The lowest BCUT2D eigenvalue weighted by molar-refractivity contribution is 0.0828. The summed E-state index contributed by atoms with van der Waals surface area (Å²) >= 11 is 1.71. The molecule has 74 valence electrons. The van der Waals surface area contributed by atoms with Crippen molar-refractivity contribution in [3.05, 3.63) is 22.4 Å². The predicted octanol–water partition coefficient (Wildman–Crippen LogP) is 1.95. The summed E-state index contributed by atoms with van der Waals surface area (Å²) in [5, 5.41) is 13.6. The van der Waals surface area contributed by atoms with Gasteiger partial charge in [0.2, 0.25) is 0 Å². The van der Waals surface area contributed by atoms with Crippen molar-refractivity contribution in [1.82, 2.24) is 4.90 Å². The monoisotopic (exact) mass is 199 g/mol. The highest BCUT2D eigenvalue weighted by Gasteiger charge is 2.14. The van der Waals surface area contributed by atoms with Gasteiger partial charge in [-0.3, -0.25) is 4.90 Å². The fourth-order valence-corrected chi connectivity index (χ4v) is 1.84. The summed E-state index contributed by atoms with van der Waals surface area (Å²) in [6.07, 6.45) is -0.274. The Labute approximate surface area is 83.8 Å². The molecule has 0 amide bonds. The van der Waals surface area contributed by atoms with Crippen LogP contribution in [0.5, 0.6) is 0 Å². The minimum atomic E-state index is -0.274. The van der Waals surface area contributed by atoms with Crippen LogP contribution in [0.2, 0.25) is 0 Å². The van der Waals surface area contributed by atoms with Gasteiger partial charge in [-0.2, -0.15) is 11.3 Å². The molecule has 0 saturated carbocycles. The maximum Gasteiger partial charge on any atom is 0.0664 e. The van der Waals surface area contributed by atoms with E-state index in [2.05, 4.69) is 21.7 Å². The Morgan fingerprint density at radius 2 is 2.23 bits per heavy atom. The van der Waals surface area contributed by atoms with Crippen LogP contribution in [0, 0.1) is 0 Å². The number of hydrogen-bond acceptors (Lipinski definition) is 3. The summed E-state index contributed by atoms with van der Waals surface area (Å²) < 4.78 is 0. The first-order valence-corrected chi connectivity index (χ1v) is 5.45. The number of hydrogen-bond donors (Lipinski definition) is 1. The SMILES string of the molecule is CC(O)C(C)N(C)Cc1ccsc1. The average Bonchev–Trinajstić information content (AvgIpc) is 2.55. The Morgan fingerprint density at radius 3 is 2.69 bits per heavy atom. The van der Waals surface area contributed by atoms with Gasteiger partial charge in [0.15, 0.2) is 0 Å². The van der Waals surface area contributed by atoms with Crippen molar-refractivity contribution in [2.24, 2.45) is 0 Å². The van der Waals surface area contributed by atoms with Gasteiger partial charge in [0.05, 0.1) is 6.10 Å². The van der Waals surface area contributed by atoms with Crippen molar-refractivity contribution in [3.8, 4) is 0 Å². The second-order valence-electron chi connectivity index (χ2n) is 3.53. The zero-order chi connectivity index (χ0) is 9.84. The van der Waals surface area contributed by atoms with Crippen molar-refractivity contribution < 1.29 is 5.11 Å². The molecule has 0 aliphatic heterocycles. The molecule has 1 aromatic heterocycles. The van der Waals surface area contributed by atoms with E-state index in [1.54, 1.807) is 11.3 Å². The van der Waals surface area contributed by atoms with E-state index in [4.69, 9.17) is 0 Å². The smallest absolute Gasteiger partial charge is 0.0664 e. The van der Waals surface area contributed by atoms with E-state index in [0.717, 1.165) is 6.54 Å². The minimum Gasteiger partial charge on any atom is -0.392 e. The van der Waals surface area contributed by atoms with E-state index in [1.807, 2.05) is 20.9 Å². The van der Waals surface area contributed by atoms with Crippen molar-refractivity contribution in [2.75, 3.05) is 7.05 Å². The van der Waals surface area contributed by atoms with Gasteiger partial charge in [0.1, 0.15) is 0 Å². The second kappa shape index (κ2) is 4.74. The summed E-state index contributed by atoms with van der Waals surface area (Å²) in [6, 6.07) is 2.33. The van der Waals surface area contributed by atoms with Crippen LogP contribution in [-0.4, -0.2) is 29.2 Å². The molecule has 1 aromatic rings. The fourth-order valence-electron chi connectivity index (χ4n) is 1.18. The Balaban J connectivity index is 2.45. The van der Waals surface area contributed by atoms with Crippen LogP contribution >= 0.6 is 11.3 Å². The van der Waals surface area contributed by atoms with Crippen LogP contribution in [0.1, 0.15) is 19.4 Å². The molecule has 0 aromatic carbocycles. The molecule has 0 saturated heterocycles. The van der Waals surface area contributed by atoms with Gasteiger partial charge in [-0.1, -0.05) is 0 Å². The van der Waals surface area contributed by atoms with E-state index in [-0.39, 0.29) is 12.1 Å². The van der Waals surface area contributed by atoms with E-state index < -0.39 is 0 Å². The van der Waals surface area contributed by atoms with Crippen LogP contribution in [0.4, 0.5) is 0 Å². The molecule has 3 heteroatoms. The van der Waals surface area contributed by atoms with Gasteiger partial charge >= 0.3 is 0 Å². The molecule has 0 spiro atoms. The first kappa shape index (κ1) is 10.7. The zero-order valence-electron chi connectivity index (χ0n) is 8.40. The highest BCUT2D eigenvalue weighted by atomic mass is 32.1. The molecule has 0 aliphatic rings. The molecule has 2 atom stereocenters. The molecule has 13 heavy (non-hydrogen) atoms. The molecule has 0 radical (unpaired) electrons. The summed E-state index contributed by atoms with van der Waals surface area (Å²) in [7, 11) is 2.04. The van der Waals surface area contributed by atoms with E-state index >= 15 is 0 Å². The highest BCUT2D eigenvalue weighted by molar-refractivity contribution is 7.07. The third-order valence-corrected chi connectivity index (χ3v) is 3.14. The van der Waals surface area contributed by atoms with Gasteiger partial charge in [-0.15, -0.1) is 0 Å². The Hall–Kier alpha value is -0.380. The van der Waals surface area contributed by atoms with Crippen molar-refractivity contribution in [1.29, 1.82) is 0 Å². The molecule has 1 N–H and O–H groups in total. The van der Waals surface area contributed by atoms with E-state index in [0.29, 0.717) is 0 Å². The molecular formula is C10H17NOS. The van der Waals surface area contributed by atoms with Crippen molar-refractivity contribution in [3.63, 3.8) is 0 Å². The van der Waals surface area contributed by atoms with Gasteiger partial charge in [0.25, 0.3) is 0 Å². The number of thiophene rings is 1. The Bertz CT molecular complexity index is 233. The van der Waals surface area contributed by atoms with E-state index in [1.165, 1.54) is 5.56 Å². The topological polar surface area (TPSA) is 23.5 Å². The standard InChI is InChI=1S/C10H17NOS/c1-8(9(2)12)11(3)6-10-4-5-13-7-10/h4-5,7-9,12H,6H2,1-3H3. The quantitative estimate of drug-likeness (QED) is 0.801. The number of rotatable bonds is 4. The normalized spacial score (nSPS) is 16.1. The largest absolute Gasteiger partial charge is 0.392 e. The average molecular weight is 199 g/mol. The predicted molar refractivity (Wildman–Crippen MR) is 56.9 cm³/mol. The number of nitrogens with zero attached hydrogens (tertiary/aromatic N) is 1. The third-order valence-electron chi connectivity index (χ3n) is 2.41. The van der Waals surface area contributed by atoms with Gasteiger partial charge in [0, 0.05) is 12.6 Å². The fraction of sp³-hybridized carbons (Fsp3) is 0.600. The highest BCUT2D eigenvalue weighted by Crippen LogP contribution is 2.11. The third kappa shape index (κ3) is 3.10. The molecule has 2 unspecified atom stereocenters. The van der Waals surface area contributed by atoms with Crippen molar-refractivity contribution >= 4 is 11.3 Å². The summed E-state index contributed by atoms with van der Waals surface area (Å²) in [6.45, 7) is 4.78. The lowest BCUT2D eigenvalue weighted by atomic mass is 10.2. The lowest BCUT2D eigenvalue weighted by Crippen LogP contribution is -2.36. The summed E-state index contributed by atoms with van der Waals surface area (Å²) in [5.74, 6) is 0. The second-order valence-corrected chi connectivity index (χ2v) is 4.31. The first-order valence-electron chi connectivity index (χ1n) is 4.50. The van der Waals surface area contributed by atoms with Gasteiger partial charge in [-0.25, -0.2) is 0 Å². The van der Waals surface area contributed by atoms with Crippen LogP contribution in [0.3, 0.4) is 0 Å². The molecule has 1 heterocycles. The Morgan fingerprint density at radius 1 is 1.54 bits per heavy atom.